The Labute approximate surface area is 143 Å². The first-order valence-electron chi connectivity index (χ1n) is 7.69. The number of carbonyl (C=O) groups excluding carboxylic acids is 1. The van der Waals surface area contributed by atoms with Crippen LogP contribution in [0.1, 0.15) is 31.0 Å². The molecule has 1 unspecified atom stereocenters. The number of H-pyrrole nitrogens is 1. The van der Waals surface area contributed by atoms with E-state index in [9.17, 15) is 4.79 Å². The Hall–Kier alpha value is -2.67. The van der Waals surface area contributed by atoms with Gasteiger partial charge in [0.1, 0.15) is 6.04 Å². The molecule has 8 heteroatoms. The van der Waals surface area contributed by atoms with Gasteiger partial charge in [-0.1, -0.05) is 11.6 Å². The summed E-state index contributed by atoms with van der Waals surface area (Å²) in [6.45, 7) is 0. The van der Waals surface area contributed by atoms with Crippen LogP contribution in [0.2, 0.25) is 5.02 Å². The second kappa shape index (κ2) is 6.09. The highest BCUT2D eigenvalue weighted by Gasteiger charge is 2.34. The van der Waals surface area contributed by atoms with Gasteiger partial charge in [-0.2, -0.15) is 5.10 Å². The van der Waals surface area contributed by atoms with Crippen LogP contribution in [0.15, 0.2) is 47.0 Å². The van der Waals surface area contributed by atoms with Crippen LogP contribution >= 0.6 is 11.6 Å². The lowest BCUT2D eigenvalue weighted by Crippen LogP contribution is -2.38. The highest BCUT2D eigenvalue weighted by atomic mass is 35.5. The highest BCUT2D eigenvalue weighted by Crippen LogP contribution is 2.37. The van der Waals surface area contributed by atoms with Crippen molar-refractivity contribution in [3.05, 3.63) is 52.7 Å². The van der Waals surface area contributed by atoms with E-state index >= 15 is 0 Å². The summed E-state index contributed by atoms with van der Waals surface area (Å²) in [5.74, 6) is 0.663. The van der Waals surface area contributed by atoms with E-state index in [1.54, 1.807) is 12.4 Å². The van der Waals surface area contributed by atoms with E-state index in [2.05, 4.69) is 30.8 Å². The molecule has 0 amide bonds. The number of ketones is 1. The molecule has 2 aromatic rings. The third kappa shape index (κ3) is 2.67. The lowest BCUT2D eigenvalue weighted by Gasteiger charge is -2.30. The van der Waals surface area contributed by atoms with E-state index in [-0.39, 0.29) is 5.78 Å². The molecule has 3 heterocycles. The molecule has 0 saturated heterocycles. The van der Waals surface area contributed by atoms with E-state index < -0.39 is 6.04 Å². The molecule has 2 aromatic heterocycles. The molecular weight excluding hydrogens is 328 g/mol. The molecule has 0 spiro atoms. The van der Waals surface area contributed by atoms with E-state index in [0.29, 0.717) is 28.7 Å². The van der Waals surface area contributed by atoms with Crippen LogP contribution in [-0.2, 0) is 4.79 Å². The Bertz CT molecular complexity index is 841. The number of pyridine rings is 1. The van der Waals surface area contributed by atoms with E-state index in [0.717, 1.165) is 24.2 Å². The maximum atomic E-state index is 12.4. The van der Waals surface area contributed by atoms with Gasteiger partial charge in [0.15, 0.2) is 5.78 Å². The maximum absolute atomic E-state index is 12.4. The van der Waals surface area contributed by atoms with Gasteiger partial charge in [0.25, 0.3) is 0 Å². The molecule has 1 atom stereocenters. The minimum atomic E-state index is -0.483. The molecule has 0 bridgehead atoms. The zero-order valence-electron chi connectivity index (χ0n) is 12.7. The number of aliphatic imine (C=N–C) groups is 1. The Balaban J connectivity index is 1.73. The minimum absolute atomic E-state index is 0.101. The van der Waals surface area contributed by atoms with Crippen molar-refractivity contribution < 1.29 is 4.79 Å². The van der Waals surface area contributed by atoms with Gasteiger partial charge >= 0.3 is 0 Å². The predicted molar refractivity (Wildman–Crippen MR) is 90.7 cm³/mol. The summed E-state index contributed by atoms with van der Waals surface area (Å²) in [6, 6.07) is 3.25. The molecule has 0 fully saturated rings. The monoisotopic (exact) mass is 342 g/mol. The number of hydrogen-bond donors (Lipinski definition) is 3. The van der Waals surface area contributed by atoms with Gasteiger partial charge < -0.3 is 10.6 Å². The third-order valence-corrected chi connectivity index (χ3v) is 4.38. The third-order valence-electron chi connectivity index (χ3n) is 4.07. The highest BCUT2D eigenvalue weighted by molar-refractivity contribution is 6.31. The molecule has 3 N–H and O–H groups in total. The lowest BCUT2D eigenvalue weighted by atomic mass is 9.88. The van der Waals surface area contributed by atoms with Crippen molar-refractivity contribution in [2.45, 2.75) is 25.3 Å². The molecule has 1 aliphatic heterocycles. The number of aromatic nitrogens is 3. The number of guanidine groups is 1. The number of hydrogen-bond acceptors (Lipinski definition) is 6. The lowest BCUT2D eigenvalue weighted by molar-refractivity contribution is -0.116. The summed E-state index contributed by atoms with van der Waals surface area (Å²) in [5, 5.41) is 13.7. The fraction of sp³-hybridized carbons (Fsp3) is 0.250. The molecule has 24 heavy (non-hydrogen) atoms. The van der Waals surface area contributed by atoms with Crippen LogP contribution < -0.4 is 10.6 Å². The Kier molecular flexibility index (Phi) is 3.78. The zero-order valence-corrected chi connectivity index (χ0v) is 13.5. The molecule has 0 radical (unpaired) electrons. The summed E-state index contributed by atoms with van der Waals surface area (Å²) in [7, 11) is 0. The molecule has 122 valence electrons. The standard InChI is InChI=1S/C16H15ClN6O/c17-10-8-19-23-14(10)15-13-11(4-1-5-12(13)24)21-16(22-15)20-9-3-2-6-18-7-9/h2-3,6-8,15H,1,4-5H2,(H,19,23)(H2,20,21,22). The van der Waals surface area contributed by atoms with Gasteiger partial charge in [0, 0.05) is 23.9 Å². The number of rotatable bonds is 2. The average Bonchev–Trinajstić information content (AvgIpc) is 3.01. The summed E-state index contributed by atoms with van der Waals surface area (Å²) in [4.78, 5) is 21.2. The maximum Gasteiger partial charge on any atom is 0.201 e. The van der Waals surface area contributed by atoms with Crippen LogP contribution in [0, 0.1) is 0 Å². The van der Waals surface area contributed by atoms with Crippen molar-refractivity contribution in [1.82, 2.24) is 20.5 Å². The summed E-state index contributed by atoms with van der Waals surface area (Å²) in [5.41, 5.74) is 3.00. The van der Waals surface area contributed by atoms with Gasteiger partial charge in [-0.3, -0.25) is 14.9 Å². The topological polar surface area (TPSA) is 95.1 Å². The molecule has 2 aliphatic rings. The van der Waals surface area contributed by atoms with Gasteiger partial charge in [0.05, 0.1) is 28.8 Å². The van der Waals surface area contributed by atoms with Crippen LogP contribution in [0.25, 0.3) is 0 Å². The van der Waals surface area contributed by atoms with Crippen LogP contribution in [0.3, 0.4) is 0 Å². The predicted octanol–water partition coefficient (Wildman–Crippen LogP) is 2.58. The van der Waals surface area contributed by atoms with Crippen molar-refractivity contribution in [2.24, 2.45) is 4.99 Å². The second-order valence-corrected chi connectivity index (χ2v) is 6.08. The normalized spacial score (nSPS) is 20.3. The number of anilines is 1. The van der Waals surface area contributed by atoms with Crippen LogP contribution in [0.5, 0.6) is 0 Å². The largest absolute Gasteiger partial charge is 0.329 e. The molecule has 4 rings (SSSR count). The summed E-state index contributed by atoms with van der Waals surface area (Å²) < 4.78 is 0. The number of Topliss-reactive ketones (excluding diaryl/α,β-unsaturated/α-hetero) is 1. The Morgan fingerprint density at radius 2 is 2.21 bits per heavy atom. The first-order chi connectivity index (χ1) is 11.7. The molecule has 0 saturated carbocycles. The first-order valence-corrected chi connectivity index (χ1v) is 8.07. The van der Waals surface area contributed by atoms with E-state index in [1.165, 1.54) is 6.20 Å². The smallest absolute Gasteiger partial charge is 0.201 e. The fourth-order valence-electron chi connectivity index (χ4n) is 3.00. The number of halogens is 1. The Morgan fingerprint density at radius 3 is 2.96 bits per heavy atom. The van der Waals surface area contributed by atoms with Gasteiger partial charge in [-0.05, 0) is 25.0 Å². The molecular formula is C16H15ClN6O. The van der Waals surface area contributed by atoms with E-state index in [4.69, 9.17) is 11.6 Å². The Morgan fingerprint density at radius 1 is 1.29 bits per heavy atom. The van der Waals surface area contributed by atoms with E-state index in [1.807, 2.05) is 12.1 Å². The zero-order chi connectivity index (χ0) is 16.5. The summed E-state index contributed by atoms with van der Waals surface area (Å²) in [6.07, 6.45) is 7.10. The SMILES string of the molecule is O=C1CCCC2=C1C(c1[nH]ncc1Cl)N=C(Nc1cccnc1)N2. The van der Waals surface area contributed by atoms with Gasteiger partial charge in [0.2, 0.25) is 5.96 Å². The molecule has 0 aromatic carbocycles. The van der Waals surface area contributed by atoms with Crippen molar-refractivity contribution in [2.75, 3.05) is 5.32 Å². The van der Waals surface area contributed by atoms with Gasteiger partial charge in [-0.25, -0.2) is 4.99 Å². The fourth-order valence-corrected chi connectivity index (χ4v) is 3.19. The summed E-state index contributed by atoms with van der Waals surface area (Å²) >= 11 is 6.21. The minimum Gasteiger partial charge on any atom is -0.329 e. The molecule has 7 nitrogen and oxygen atoms in total. The van der Waals surface area contributed by atoms with Crippen LogP contribution in [0.4, 0.5) is 5.69 Å². The number of allylic oxidation sites excluding steroid dienone is 1. The average molecular weight is 343 g/mol. The first kappa shape index (κ1) is 14.9. The second-order valence-electron chi connectivity index (χ2n) is 5.67. The van der Waals surface area contributed by atoms with Gasteiger partial charge in [-0.15, -0.1) is 0 Å². The number of nitrogens with one attached hydrogen (secondary N) is 3. The van der Waals surface area contributed by atoms with Crippen molar-refractivity contribution in [1.29, 1.82) is 0 Å². The number of aromatic amines is 1. The quantitative estimate of drug-likeness (QED) is 0.779. The number of carbonyl (C=O) groups is 1. The van der Waals surface area contributed by atoms with Crippen molar-refractivity contribution in [3.63, 3.8) is 0 Å². The van der Waals surface area contributed by atoms with Crippen molar-refractivity contribution in [3.8, 4) is 0 Å². The molecule has 1 aliphatic carbocycles. The number of nitrogens with zero attached hydrogens (tertiary/aromatic N) is 3. The van der Waals surface area contributed by atoms with Crippen molar-refractivity contribution >= 4 is 29.0 Å². The van der Waals surface area contributed by atoms with Crippen LogP contribution in [-0.4, -0.2) is 26.9 Å².